The average molecular weight is 279 g/mol. The summed E-state index contributed by atoms with van der Waals surface area (Å²) in [6.45, 7) is 6.61. The molecule has 0 aliphatic heterocycles. The van der Waals surface area contributed by atoms with Crippen LogP contribution in [0.15, 0.2) is 29.2 Å². The summed E-state index contributed by atoms with van der Waals surface area (Å²) >= 11 is 0. The molecule has 1 aromatic carbocycles. The first-order valence-corrected chi connectivity index (χ1v) is 8.38. The maximum absolute atomic E-state index is 12.9. The van der Waals surface area contributed by atoms with Crippen LogP contribution in [0.25, 0.3) is 0 Å². The zero-order chi connectivity index (χ0) is 14.0. The van der Waals surface area contributed by atoms with E-state index < -0.39 is 10.8 Å². The first-order valence-electron chi connectivity index (χ1n) is 7.17. The van der Waals surface area contributed by atoms with Crippen LogP contribution in [0, 0.1) is 18.8 Å². The highest BCUT2D eigenvalue weighted by Crippen LogP contribution is 2.34. The fourth-order valence-corrected chi connectivity index (χ4v) is 5.10. The van der Waals surface area contributed by atoms with Gasteiger partial charge in [0.2, 0.25) is 0 Å². The fourth-order valence-electron chi connectivity index (χ4n) is 3.30. The number of benzene rings is 1. The van der Waals surface area contributed by atoms with Crippen molar-refractivity contribution in [3.63, 3.8) is 0 Å². The van der Waals surface area contributed by atoms with Crippen molar-refractivity contribution in [2.75, 3.05) is 7.05 Å². The molecule has 0 spiro atoms. The Balaban J connectivity index is 2.22. The second-order valence-corrected chi connectivity index (χ2v) is 7.63. The van der Waals surface area contributed by atoms with Crippen molar-refractivity contribution >= 4 is 10.8 Å². The van der Waals surface area contributed by atoms with Gasteiger partial charge in [-0.1, -0.05) is 31.5 Å². The minimum absolute atomic E-state index is 0.226. The first-order chi connectivity index (χ1) is 9.02. The van der Waals surface area contributed by atoms with Crippen molar-refractivity contribution in [2.24, 2.45) is 11.8 Å². The van der Waals surface area contributed by atoms with Crippen molar-refractivity contribution in [1.29, 1.82) is 0 Å². The Morgan fingerprint density at radius 3 is 2.37 bits per heavy atom. The summed E-state index contributed by atoms with van der Waals surface area (Å²) in [5.74, 6) is 1.22. The second-order valence-electron chi connectivity index (χ2n) is 6.02. The molecule has 0 radical (unpaired) electrons. The lowest BCUT2D eigenvalue weighted by molar-refractivity contribution is 0.253. The second kappa shape index (κ2) is 6.19. The zero-order valence-electron chi connectivity index (χ0n) is 12.3. The van der Waals surface area contributed by atoms with E-state index in [-0.39, 0.29) is 5.25 Å². The highest BCUT2D eigenvalue weighted by molar-refractivity contribution is 7.85. The third-order valence-electron chi connectivity index (χ3n) is 4.26. The molecule has 2 rings (SSSR count). The van der Waals surface area contributed by atoms with Gasteiger partial charge in [-0.05, 0) is 50.8 Å². The van der Waals surface area contributed by atoms with Crippen LogP contribution in [0.4, 0.5) is 0 Å². The smallest absolute Gasteiger partial charge is 0.0579 e. The van der Waals surface area contributed by atoms with E-state index in [2.05, 4.69) is 38.2 Å². The largest absolute Gasteiger partial charge is 0.316 e. The van der Waals surface area contributed by atoms with Gasteiger partial charge in [-0.2, -0.15) is 0 Å². The van der Waals surface area contributed by atoms with E-state index in [1.54, 1.807) is 0 Å². The molecule has 106 valence electrons. The van der Waals surface area contributed by atoms with Crippen LogP contribution in [0.5, 0.6) is 0 Å². The minimum atomic E-state index is -0.916. The van der Waals surface area contributed by atoms with Crippen LogP contribution in [0.2, 0.25) is 0 Å². The molecule has 3 heteroatoms. The lowest BCUT2D eigenvalue weighted by Gasteiger charge is -2.38. The molecule has 1 aromatic rings. The molecule has 0 saturated heterocycles. The average Bonchev–Trinajstić information content (AvgIpc) is 2.38. The monoisotopic (exact) mass is 279 g/mol. The normalized spacial score (nSPS) is 33.1. The number of hydrogen-bond acceptors (Lipinski definition) is 2. The molecule has 0 aromatic heterocycles. The SMILES string of the molecule is CNC1CC(C)CC(C)C1S(=O)c1ccc(C)cc1. The van der Waals surface area contributed by atoms with Crippen molar-refractivity contribution in [3.8, 4) is 0 Å². The maximum Gasteiger partial charge on any atom is 0.0579 e. The van der Waals surface area contributed by atoms with Gasteiger partial charge in [0.15, 0.2) is 0 Å². The molecule has 0 heterocycles. The summed E-state index contributed by atoms with van der Waals surface area (Å²) in [7, 11) is 1.08. The van der Waals surface area contributed by atoms with Crippen molar-refractivity contribution in [1.82, 2.24) is 5.32 Å². The molecule has 5 atom stereocenters. The standard InChI is InChI=1S/C16H25NOS/c1-11-5-7-14(8-6-11)19(18)16-13(3)9-12(2)10-15(16)17-4/h5-8,12-13,15-17H,9-10H2,1-4H3. The Kier molecular flexibility index (Phi) is 4.80. The van der Waals surface area contributed by atoms with Gasteiger partial charge in [-0.15, -0.1) is 0 Å². The van der Waals surface area contributed by atoms with E-state index in [9.17, 15) is 4.21 Å². The van der Waals surface area contributed by atoms with Crippen LogP contribution in [-0.2, 0) is 10.8 Å². The molecule has 1 fully saturated rings. The third-order valence-corrected chi connectivity index (χ3v) is 6.28. The zero-order valence-corrected chi connectivity index (χ0v) is 13.2. The highest BCUT2D eigenvalue weighted by Gasteiger charge is 2.37. The molecular weight excluding hydrogens is 254 g/mol. The van der Waals surface area contributed by atoms with Gasteiger partial charge in [-0.25, -0.2) is 0 Å². The summed E-state index contributed by atoms with van der Waals surface area (Å²) in [4.78, 5) is 0.970. The molecule has 1 aliphatic rings. The lowest BCUT2D eigenvalue weighted by Crippen LogP contribution is -2.48. The molecule has 1 aliphatic carbocycles. The van der Waals surface area contributed by atoms with Crippen LogP contribution in [0.1, 0.15) is 32.3 Å². The summed E-state index contributed by atoms with van der Waals surface area (Å²) in [6, 6.07) is 8.50. The van der Waals surface area contributed by atoms with E-state index in [1.807, 2.05) is 19.2 Å². The minimum Gasteiger partial charge on any atom is -0.316 e. The quantitative estimate of drug-likeness (QED) is 0.921. The van der Waals surface area contributed by atoms with E-state index in [1.165, 1.54) is 12.0 Å². The predicted molar refractivity (Wildman–Crippen MR) is 81.8 cm³/mol. The molecule has 19 heavy (non-hydrogen) atoms. The lowest BCUT2D eigenvalue weighted by atomic mass is 9.80. The van der Waals surface area contributed by atoms with Crippen LogP contribution in [-0.4, -0.2) is 22.5 Å². The van der Waals surface area contributed by atoms with Crippen molar-refractivity contribution in [2.45, 2.75) is 49.8 Å². The van der Waals surface area contributed by atoms with Gasteiger partial charge in [0.1, 0.15) is 0 Å². The van der Waals surface area contributed by atoms with Gasteiger partial charge < -0.3 is 5.32 Å². The van der Waals surface area contributed by atoms with Crippen molar-refractivity contribution in [3.05, 3.63) is 29.8 Å². The number of aryl methyl sites for hydroxylation is 1. The topological polar surface area (TPSA) is 29.1 Å². The summed E-state index contributed by atoms with van der Waals surface area (Å²) in [6.07, 6.45) is 2.31. The Labute approximate surface area is 119 Å². The van der Waals surface area contributed by atoms with E-state index in [0.717, 1.165) is 17.2 Å². The van der Waals surface area contributed by atoms with Gasteiger partial charge in [-0.3, -0.25) is 4.21 Å². The van der Waals surface area contributed by atoms with Crippen molar-refractivity contribution < 1.29 is 4.21 Å². The molecule has 1 N–H and O–H groups in total. The van der Waals surface area contributed by atoms with E-state index >= 15 is 0 Å². The molecule has 0 amide bonds. The number of rotatable bonds is 3. The fraction of sp³-hybridized carbons (Fsp3) is 0.625. The maximum atomic E-state index is 12.9. The summed E-state index contributed by atoms with van der Waals surface area (Å²) < 4.78 is 12.9. The van der Waals surface area contributed by atoms with E-state index in [4.69, 9.17) is 0 Å². The van der Waals surface area contributed by atoms with Gasteiger partial charge >= 0.3 is 0 Å². The van der Waals surface area contributed by atoms with Crippen LogP contribution >= 0.6 is 0 Å². The van der Waals surface area contributed by atoms with E-state index in [0.29, 0.717) is 12.0 Å². The Morgan fingerprint density at radius 1 is 1.16 bits per heavy atom. The summed E-state index contributed by atoms with van der Waals surface area (Å²) in [5, 5.41) is 3.61. The summed E-state index contributed by atoms with van der Waals surface area (Å²) in [5.41, 5.74) is 1.22. The molecule has 0 bridgehead atoms. The molecule has 5 unspecified atom stereocenters. The first kappa shape index (κ1) is 14.7. The number of hydrogen-bond donors (Lipinski definition) is 1. The molecule has 1 saturated carbocycles. The molecule has 2 nitrogen and oxygen atoms in total. The Morgan fingerprint density at radius 2 is 1.79 bits per heavy atom. The Bertz CT molecular complexity index is 443. The van der Waals surface area contributed by atoms with Gasteiger partial charge in [0.25, 0.3) is 0 Å². The molecular formula is C16H25NOS. The van der Waals surface area contributed by atoms with Gasteiger partial charge in [0.05, 0.1) is 16.0 Å². The predicted octanol–water partition coefficient (Wildman–Crippen LogP) is 3.13. The van der Waals surface area contributed by atoms with Crippen LogP contribution < -0.4 is 5.32 Å². The third kappa shape index (κ3) is 3.26. The Hall–Kier alpha value is -0.670. The van der Waals surface area contributed by atoms with Crippen LogP contribution in [0.3, 0.4) is 0 Å². The number of nitrogens with one attached hydrogen (secondary N) is 1. The highest BCUT2D eigenvalue weighted by atomic mass is 32.2. The van der Waals surface area contributed by atoms with Gasteiger partial charge in [0, 0.05) is 10.9 Å².